The zero-order chi connectivity index (χ0) is 10.3. The van der Waals surface area contributed by atoms with Crippen molar-refractivity contribution < 1.29 is 4.79 Å². The number of rotatable bonds is 2. The monoisotopic (exact) mass is 300 g/mol. The summed E-state index contributed by atoms with van der Waals surface area (Å²) < 4.78 is 1.18. The van der Waals surface area contributed by atoms with Crippen LogP contribution in [0, 0.1) is 14.9 Å². The smallest absolute Gasteiger partial charge is 0.166 e. The topological polar surface area (TPSA) is 17.1 Å². The van der Waals surface area contributed by atoms with Gasteiger partial charge in [0.2, 0.25) is 0 Å². The third-order valence-electron chi connectivity index (χ3n) is 2.96. The predicted molar refractivity (Wildman–Crippen MR) is 65.4 cm³/mol. The average Bonchev–Trinajstić information content (AvgIpc) is 2.75. The first-order chi connectivity index (χ1) is 6.50. The fraction of sp³-hybridized carbons (Fsp3) is 0.417. The van der Waals surface area contributed by atoms with Gasteiger partial charge in [0.05, 0.1) is 0 Å². The van der Waals surface area contributed by atoms with Gasteiger partial charge in [0.1, 0.15) is 0 Å². The summed E-state index contributed by atoms with van der Waals surface area (Å²) in [5.41, 5.74) is 1.10. The number of ketones is 1. The Morgan fingerprint density at radius 3 is 2.29 bits per heavy atom. The van der Waals surface area contributed by atoms with Crippen molar-refractivity contribution >= 4 is 28.4 Å². The standard InChI is InChI=1S/C12H13IO/c1-12(2)7-10(12)11(14)8-3-5-9(13)6-4-8/h3-6,10H,7H2,1-2H3. The zero-order valence-corrected chi connectivity index (χ0v) is 10.5. The highest BCUT2D eigenvalue weighted by Gasteiger charge is 2.50. The average molecular weight is 300 g/mol. The molecule has 1 aliphatic rings. The van der Waals surface area contributed by atoms with E-state index in [0.29, 0.717) is 5.78 Å². The molecule has 0 bridgehead atoms. The molecule has 14 heavy (non-hydrogen) atoms. The Balaban J connectivity index is 2.17. The van der Waals surface area contributed by atoms with Gasteiger partial charge in [0.15, 0.2) is 5.78 Å². The highest BCUT2D eigenvalue weighted by atomic mass is 127. The highest BCUT2D eigenvalue weighted by Crippen LogP contribution is 2.53. The number of Topliss-reactive ketones (excluding diaryl/α,β-unsaturated/α-hetero) is 1. The number of carbonyl (C=O) groups is 1. The largest absolute Gasteiger partial charge is 0.294 e. The second kappa shape index (κ2) is 3.33. The number of benzene rings is 1. The van der Waals surface area contributed by atoms with E-state index < -0.39 is 0 Å². The Kier molecular flexibility index (Phi) is 2.41. The van der Waals surface area contributed by atoms with E-state index in [9.17, 15) is 4.79 Å². The molecule has 1 fully saturated rings. The number of hydrogen-bond acceptors (Lipinski definition) is 1. The summed E-state index contributed by atoms with van der Waals surface area (Å²) in [6, 6.07) is 7.84. The van der Waals surface area contributed by atoms with Crippen molar-refractivity contribution in [1.29, 1.82) is 0 Å². The molecule has 2 rings (SSSR count). The van der Waals surface area contributed by atoms with Gasteiger partial charge in [-0.3, -0.25) is 4.79 Å². The van der Waals surface area contributed by atoms with Crippen molar-refractivity contribution in [2.75, 3.05) is 0 Å². The quantitative estimate of drug-likeness (QED) is 0.603. The van der Waals surface area contributed by atoms with Crippen LogP contribution in [0.4, 0.5) is 0 Å². The summed E-state index contributed by atoms with van der Waals surface area (Å²) in [7, 11) is 0. The third-order valence-corrected chi connectivity index (χ3v) is 3.68. The van der Waals surface area contributed by atoms with E-state index in [-0.39, 0.29) is 11.3 Å². The number of carbonyl (C=O) groups excluding carboxylic acids is 1. The van der Waals surface area contributed by atoms with Gasteiger partial charge in [-0.15, -0.1) is 0 Å². The molecular formula is C12H13IO. The predicted octanol–water partition coefficient (Wildman–Crippen LogP) is 3.52. The van der Waals surface area contributed by atoms with Crippen molar-refractivity contribution in [2.45, 2.75) is 20.3 Å². The van der Waals surface area contributed by atoms with Gasteiger partial charge in [0, 0.05) is 15.1 Å². The second-order valence-electron chi connectivity index (χ2n) is 4.62. The maximum Gasteiger partial charge on any atom is 0.166 e. The van der Waals surface area contributed by atoms with E-state index in [1.54, 1.807) is 0 Å². The van der Waals surface area contributed by atoms with Gasteiger partial charge in [-0.1, -0.05) is 26.0 Å². The molecule has 0 spiro atoms. The lowest BCUT2D eigenvalue weighted by atomic mass is 10.0. The molecule has 0 aliphatic heterocycles. The number of hydrogen-bond donors (Lipinski definition) is 0. The molecule has 1 aromatic carbocycles. The first-order valence-corrected chi connectivity index (χ1v) is 5.88. The van der Waals surface area contributed by atoms with Crippen LogP contribution in [0.15, 0.2) is 24.3 Å². The van der Waals surface area contributed by atoms with Crippen LogP contribution in [0.1, 0.15) is 30.6 Å². The molecule has 0 saturated heterocycles. The highest BCUT2D eigenvalue weighted by molar-refractivity contribution is 14.1. The normalized spacial score (nSPS) is 23.2. The van der Waals surface area contributed by atoms with Crippen LogP contribution < -0.4 is 0 Å². The molecule has 1 aromatic rings. The molecule has 0 amide bonds. The summed E-state index contributed by atoms with van der Waals surface area (Å²) in [5.74, 6) is 0.564. The molecule has 0 radical (unpaired) electrons. The molecule has 74 valence electrons. The molecule has 1 saturated carbocycles. The minimum Gasteiger partial charge on any atom is -0.294 e. The van der Waals surface area contributed by atoms with Crippen molar-refractivity contribution in [2.24, 2.45) is 11.3 Å². The summed E-state index contributed by atoms with van der Waals surface area (Å²) in [5, 5.41) is 0. The Morgan fingerprint density at radius 1 is 1.36 bits per heavy atom. The van der Waals surface area contributed by atoms with Crippen LogP contribution in [0.5, 0.6) is 0 Å². The zero-order valence-electron chi connectivity index (χ0n) is 8.38. The lowest BCUT2D eigenvalue weighted by molar-refractivity contribution is 0.0953. The molecule has 1 atom stereocenters. The molecule has 0 heterocycles. The maximum atomic E-state index is 11.9. The summed E-state index contributed by atoms with van der Waals surface area (Å²) >= 11 is 2.25. The van der Waals surface area contributed by atoms with Crippen molar-refractivity contribution in [3.8, 4) is 0 Å². The lowest BCUT2D eigenvalue weighted by Crippen LogP contribution is -2.06. The molecular weight excluding hydrogens is 287 g/mol. The van der Waals surface area contributed by atoms with E-state index in [2.05, 4.69) is 36.4 Å². The number of halogens is 1. The molecule has 1 unspecified atom stereocenters. The minimum atomic E-state index is 0.236. The van der Waals surface area contributed by atoms with Crippen molar-refractivity contribution in [3.05, 3.63) is 33.4 Å². The fourth-order valence-corrected chi connectivity index (χ4v) is 2.09. The van der Waals surface area contributed by atoms with Crippen LogP contribution in [0.25, 0.3) is 0 Å². The summed E-state index contributed by atoms with van der Waals surface area (Å²) in [6.07, 6.45) is 1.04. The molecule has 1 aliphatic carbocycles. The van der Waals surface area contributed by atoms with Crippen molar-refractivity contribution in [3.63, 3.8) is 0 Å². The molecule has 0 N–H and O–H groups in total. The van der Waals surface area contributed by atoms with E-state index >= 15 is 0 Å². The lowest BCUT2D eigenvalue weighted by Gasteiger charge is -2.02. The van der Waals surface area contributed by atoms with Crippen LogP contribution in [-0.2, 0) is 0 Å². The van der Waals surface area contributed by atoms with Crippen LogP contribution in [0.2, 0.25) is 0 Å². The summed E-state index contributed by atoms with van der Waals surface area (Å²) in [4.78, 5) is 11.9. The van der Waals surface area contributed by atoms with Gasteiger partial charge in [-0.05, 0) is 46.6 Å². The fourth-order valence-electron chi connectivity index (χ4n) is 1.73. The minimum absolute atomic E-state index is 0.236. The Labute approximate surface area is 98.0 Å². The van der Waals surface area contributed by atoms with Gasteiger partial charge in [-0.2, -0.15) is 0 Å². The SMILES string of the molecule is CC1(C)CC1C(=O)c1ccc(I)cc1. The maximum absolute atomic E-state index is 11.9. The molecule has 0 aromatic heterocycles. The van der Waals surface area contributed by atoms with E-state index in [0.717, 1.165) is 12.0 Å². The Morgan fingerprint density at radius 2 is 1.86 bits per heavy atom. The van der Waals surface area contributed by atoms with Crippen LogP contribution in [-0.4, -0.2) is 5.78 Å². The van der Waals surface area contributed by atoms with Gasteiger partial charge < -0.3 is 0 Å². The van der Waals surface area contributed by atoms with Crippen molar-refractivity contribution in [1.82, 2.24) is 0 Å². The Hall–Kier alpha value is -0.380. The first kappa shape index (κ1) is 10.1. The molecule has 2 heteroatoms. The van der Waals surface area contributed by atoms with E-state index in [4.69, 9.17) is 0 Å². The van der Waals surface area contributed by atoms with Crippen LogP contribution >= 0.6 is 22.6 Å². The van der Waals surface area contributed by atoms with Gasteiger partial charge in [0.25, 0.3) is 0 Å². The van der Waals surface area contributed by atoms with E-state index in [1.165, 1.54) is 3.57 Å². The van der Waals surface area contributed by atoms with Gasteiger partial charge >= 0.3 is 0 Å². The Bertz CT molecular complexity index is 364. The van der Waals surface area contributed by atoms with Crippen LogP contribution in [0.3, 0.4) is 0 Å². The first-order valence-electron chi connectivity index (χ1n) is 4.80. The molecule has 1 nitrogen and oxygen atoms in total. The third kappa shape index (κ3) is 1.85. The van der Waals surface area contributed by atoms with Gasteiger partial charge in [-0.25, -0.2) is 0 Å². The van der Waals surface area contributed by atoms with E-state index in [1.807, 2.05) is 24.3 Å². The summed E-state index contributed by atoms with van der Waals surface area (Å²) in [6.45, 7) is 4.31. The second-order valence-corrected chi connectivity index (χ2v) is 5.86.